The van der Waals surface area contributed by atoms with E-state index in [4.69, 9.17) is 0 Å². The van der Waals surface area contributed by atoms with Gasteiger partial charge in [-0.25, -0.2) is 0 Å². The molecule has 0 aliphatic carbocycles. The number of hydrogen-bond donors (Lipinski definition) is 2. The van der Waals surface area contributed by atoms with Gasteiger partial charge in [0.15, 0.2) is 0 Å². The summed E-state index contributed by atoms with van der Waals surface area (Å²) in [5.74, 6) is -0.509. The summed E-state index contributed by atoms with van der Waals surface area (Å²) in [6.45, 7) is 1.97. The molecule has 0 saturated heterocycles. The van der Waals surface area contributed by atoms with Gasteiger partial charge in [0.2, 0.25) is 5.91 Å². The minimum Gasteiger partial charge on any atom is -0.378 e. The number of nitrogens with zero attached hydrogens (tertiary/aromatic N) is 1. The number of carbonyl (C=O) groups is 2. The van der Waals surface area contributed by atoms with E-state index in [1.54, 1.807) is 12.1 Å². The first-order valence-electron chi connectivity index (χ1n) is 7.94. The van der Waals surface area contributed by atoms with Crippen molar-refractivity contribution in [1.29, 1.82) is 0 Å². The Morgan fingerprint density at radius 1 is 1.04 bits per heavy atom. The molecule has 0 saturated carbocycles. The van der Waals surface area contributed by atoms with Crippen molar-refractivity contribution < 1.29 is 9.59 Å². The molecule has 2 aromatic carbocycles. The molecule has 24 heavy (non-hydrogen) atoms. The first-order valence-corrected chi connectivity index (χ1v) is 7.94. The smallest absolute Gasteiger partial charge is 0.251 e. The Hall–Kier alpha value is -2.82. The lowest BCUT2D eigenvalue weighted by Crippen LogP contribution is -2.33. The van der Waals surface area contributed by atoms with Crippen LogP contribution in [0.3, 0.4) is 0 Å². The van der Waals surface area contributed by atoms with E-state index in [2.05, 4.69) is 10.6 Å². The zero-order valence-corrected chi connectivity index (χ0v) is 14.3. The molecular weight excluding hydrogens is 302 g/mol. The molecular formula is C19H23N3O2. The predicted molar refractivity (Wildman–Crippen MR) is 97.6 cm³/mol. The zero-order valence-electron chi connectivity index (χ0n) is 14.3. The van der Waals surface area contributed by atoms with Gasteiger partial charge in [-0.15, -0.1) is 0 Å². The number of para-hydroxylation sites is 1. The monoisotopic (exact) mass is 325 g/mol. The van der Waals surface area contributed by atoms with Crippen LogP contribution in [0.5, 0.6) is 0 Å². The lowest BCUT2D eigenvalue weighted by molar-refractivity contribution is -0.115. The average Bonchev–Trinajstić information content (AvgIpc) is 2.60. The predicted octanol–water partition coefficient (Wildman–Crippen LogP) is 2.68. The van der Waals surface area contributed by atoms with E-state index in [1.807, 2.05) is 62.3 Å². The van der Waals surface area contributed by atoms with Crippen molar-refractivity contribution in [3.63, 3.8) is 0 Å². The Balaban J connectivity index is 1.94. The summed E-state index contributed by atoms with van der Waals surface area (Å²) in [6, 6.07) is 14.9. The van der Waals surface area contributed by atoms with Crippen molar-refractivity contribution in [1.82, 2.24) is 5.32 Å². The maximum Gasteiger partial charge on any atom is 0.251 e. The Kier molecular flexibility index (Phi) is 5.95. The van der Waals surface area contributed by atoms with Gasteiger partial charge < -0.3 is 15.5 Å². The molecule has 0 atom stereocenters. The van der Waals surface area contributed by atoms with Gasteiger partial charge >= 0.3 is 0 Å². The number of anilines is 2. The molecule has 0 aliphatic rings. The second kappa shape index (κ2) is 8.15. The molecule has 126 valence electrons. The molecule has 0 bridgehead atoms. The molecule has 0 heterocycles. The van der Waals surface area contributed by atoms with Crippen LogP contribution < -0.4 is 15.5 Å². The fourth-order valence-electron chi connectivity index (χ4n) is 2.33. The molecule has 0 radical (unpaired) electrons. The summed E-state index contributed by atoms with van der Waals surface area (Å²) in [6.07, 6.45) is 0.833. The van der Waals surface area contributed by atoms with E-state index in [0.717, 1.165) is 23.4 Å². The highest BCUT2D eigenvalue weighted by atomic mass is 16.2. The van der Waals surface area contributed by atoms with E-state index in [0.29, 0.717) is 5.56 Å². The van der Waals surface area contributed by atoms with Crippen LogP contribution in [0, 0.1) is 0 Å². The van der Waals surface area contributed by atoms with E-state index in [9.17, 15) is 9.59 Å². The number of hydrogen-bond acceptors (Lipinski definition) is 3. The Bertz CT molecular complexity index is 726. The van der Waals surface area contributed by atoms with Crippen molar-refractivity contribution >= 4 is 23.2 Å². The number of carbonyl (C=O) groups excluding carboxylic acids is 2. The number of aryl methyl sites for hydroxylation is 1. The summed E-state index contributed by atoms with van der Waals surface area (Å²) in [7, 11) is 3.82. The van der Waals surface area contributed by atoms with Crippen molar-refractivity contribution in [2.24, 2.45) is 0 Å². The van der Waals surface area contributed by atoms with E-state index >= 15 is 0 Å². The Labute approximate surface area is 142 Å². The van der Waals surface area contributed by atoms with E-state index < -0.39 is 0 Å². The highest BCUT2D eigenvalue weighted by Crippen LogP contribution is 2.15. The van der Waals surface area contributed by atoms with Gasteiger partial charge in [0.1, 0.15) is 0 Å². The van der Waals surface area contributed by atoms with Gasteiger partial charge in [-0.1, -0.05) is 31.2 Å². The number of nitrogens with one attached hydrogen (secondary N) is 2. The lowest BCUT2D eigenvalue weighted by atomic mass is 10.1. The SMILES string of the molecule is CCc1ccccc1NC(=O)CNC(=O)c1cccc(N(C)C)c1. The highest BCUT2D eigenvalue weighted by Gasteiger charge is 2.10. The average molecular weight is 325 g/mol. The molecule has 0 aliphatic heterocycles. The second-order valence-electron chi connectivity index (χ2n) is 5.69. The molecule has 5 heteroatoms. The van der Waals surface area contributed by atoms with Gasteiger partial charge in [0, 0.05) is 31.0 Å². The largest absolute Gasteiger partial charge is 0.378 e. The minimum absolute atomic E-state index is 0.0664. The molecule has 0 fully saturated rings. The first-order chi connectivity index (χ1) is 11.5. The molecule has 0 spiro atoms. The van der Waals surface area contributed by atoms with Crippen LogP contribution in [0.25, 0.3) is 0 Å². The fourth-order valence-corrected chi connectivity index (χ4v) is 2.33. The summed E-state index contributed by atoms with van der Waals surface area (Å²) in [5, 5.41) is 5.49. The summed E-state index contributed by atoms with van der Waals surface area (Å²) >= 11 is 0. The van der Waals surface area contributed by atoms with Crippen LogP contribution in [-0.4, -0.2) is 32.5 Å². The molecule has 2 N–H and O–H groups in total. The van der Waals surface area contributed by atoms with Crippen LogP contribution in [0.15, 0.2) is 48.5 Å². The summed E-state index contributed by atoms with van der Waals surface area (Å²) in [5.41, 5.74) is 3.32. The van der Waals surface area contributed by atoms with Gasteiger partial charge in [-0.05, 0) is 36.2 Å². The van der Waals surface area contributed by atoms with Crippen LogP contribution in [0.4, 0.5) is 11.4 Å². The maximum atomic E-state index is 12.2. The second-order valence-corrected chi connectivity index (χ2v) is 5.69. The van der Waals surface area contributed by atoms with Gasteiger partial charge in [-0.3, -0.25) is 9.59 Å². The summed E-state index contributed by atoms with van der Waals surface area (Å²) < 4.78 is 0. The normalized spacial score (nSPS) is 10.1. The minimum atomic E-state index is -0.266. The Morgan fingerprint density at radius 3 is 2.50 bits per heavy atom. The van der Waals surface area contributed by atoms with Gasteiger partial charge in [0.25, 0.3) is 5.91 Å². The van der Waals surface area contributed by atoms with Crippen LogP contribution in [-0.2, 0) is 11.2 Å². The van der Waals surface area contributed by atoms with Gasteiger partial charge in [-0.2, -0.15) is 0 Å². The standard InChI is InChI=1S/C19H23N3O2/c1-4-14-8-5-6-11-17(14)21-18(23)13-20-19(24)15-9-7-10-16(12-15)22(2)3/h5-12H,4,13H2,1-3H3,(H,20,24)(H,21,23). The lowest BCUT2D eigenvalue weighted by Gasteiger charge is -2.14. The quantitative estimate of drug-likeness (QED) is 0.858. The maximum absolute atomic E-state index is 12.2. The van der Waals surface area contributed by atoms with E-state index in [1.165, 1.54) is 0 Å². The van der Waals surface area contributed by atoms with Crippen molar-refractivity contribution in [2.45, 2.75) is 13.3 Å². The molecule has 0 aromatic heterocycles. The number of amides is 2. The van der Waals surface area contributed by atoms with Crippen molar-refractivity contribution in [3.05, 3.63) is 59.7 Å². The molecule has 2 aromatic rings. The number of rotatable bonds is 6. The zero-order chi connectivity index (χ0) is 17.5. The third-order valence-electron chi connectivity index (χ3n) is 3.71. The molecule has 2 rings (SSSR count). The molecule has 5 nitrogen and oxygen atoms in total. The first kappa shape index (κ1) is 17.5. The topological polar surface area (TPSA) is 61.4 Å². The van der Waals surface area contributed by atoms with Crippen LogP contribution in [0.2, 0.25) is 0 Å². The van der Waals surface area contributed by atoms with Crippen molar-refractivity contribution in [2.75, 3.05) is 30.9 Å². The Morgan fingerprint density at radius 2 is 1.79 bits per heavy atom. The molecule has 0 unspecified atom stereocenters. The van der Waals surface area contributed by atoms with Crippen LogP contribution in [0.1, 0.15) is 22.8 Å². The highest BCUT2D eigenvalue weighted by molar-refractivity contribution is 6.00. The third-order valence-corrected chi connectivity index (χ3v) is 3.71. The number of benzene rings is 2. The fraction of sp³-hybridized carbons (Fsp3) is 0.263. The van der Waals surface area contributed by atoms with Crippen LogP contribution >= 0.6 is 0 Å². The van der Waals surface area contributed by atoms with Gasteiger partial charge in [0.05, 0.1) is 6.54 Å². The summed E-state index contributed by atoms with van der Waals surface area (Å²) in [4.78, 5) is 26.2. The van der Waals surface area contributed by atoms with E-state index in [-0.39, 0.29) is 18.4 Å². The van der Waals surface area contributed by atoms with Crippen molar-refractivity contribution in [3.8, 4) is 0 Å². The third kappa shape index (κ3) is 4.59. The molecule has 2 amide bonds.